The van der Waals surface area contributed by atoms with E-state index in [1.54, 1.807) is 0 Å². The average Bonchev–Trinajstić information content (AvgIpc) is 2.92. The summed E-state index contributed by atoms with van der Waals surface area (Å²) in [6.45, 7) is 4.38. The van der Waals surface area contributed by atoms with Gasteiger partial charge in [-0.05, 0) is 12.5 Å². The predicted octanol–water partition coefficient (Wildman–Crippen LogP) is 1.91. The molecular formula is C11H14O2. The van der Waals surface area contributed by atoms with Crippen molar-refractivity contribution in [3.63, 3.8) is 0 Å². The fourth-order valence-electron chi connectivity index (χ4n) is 1.16. The summed E-state index contributed by atoms with van der Waals surface area (Å²) in [5.74, 6) is 0. The zero-order valence-electron chi connectivity index (χ0n) is 7.82. The van der Waals surface area contributed by atoms with Crippen molar-refractivity contribution in [1.29, 1.82) is 0 Å². The second-order valence-corrected chi connectivity index (χ2v) is 3.46. The van der Waals surface area contributed by atoms with Crippen LogP contribution in [0.25, 0.3) is 0 Å². The zero-order chi connectivity index (χ0) is 9.10. The Morgan fingerprint density at radius 3 is 2.69 bits per heavy atom. The largest absolute Gasteiger partial charge is 0.374 e. The van der Waals surface area contributed by atoms with E-state index in [-0.39, 0.29) is 0 Å². The zero-order valence-corrected chi connectivity index (χ0v) is 7.82. The van der Waals surface area contributed by atoms with E-state index in [2.05, 4.69) is 31.2 Å². The Labute approximate surface area is 78.5 Å². The normalized spacial score (nSPS) is 20.2. The van der Waals surface area contributed by atoms with Crippen LogP contribution in [0.4, 0.5) is 0 Å². The van der Waals surface area contributed by atoms with E-state index in [1.807, 2.05) is 0 Å². The van der Waals surface area contributed by atoms with Crippen molar-refractivity contribution in [3.05, 3.63) is 35.4 Å². The first-order chi connectivity index (χ1) is 6.34. The molecule has 1 fully saturated rings. The molecular weight excluding hydrogens is 164 g/mol. The van der Waals surface area contributed by atoms with E-state index in [0.29, 0.717) is 12.7 Å². The molecule has 1 unspecified atom stereocenters. The highest BCUT2D eigenvalue weighted by Gasteiger charge is 2.21. The summed E-state index contributed by atoms with van der Waals surface area (Å²) in [5, 5.41) is 0. The second-order valence-electron chi connectivity index (χ2n) is 3.46. The average molecular weight is 178 g/mol. The first-order valence-corrected chi connectivity index (χ1v) is 4.59. The molecule has 0 radical (unpaired) electrons. The van der Waals surface area contributed by atoms with Crippen LogP contribution in [0.3, 0.4) is 0 Å². The number of hydrogen-bond acceptors (Lipinski definition) is 2. The summed E-state index contributed by atoms with van der Waals surface area (Å²) >= 11 is 0. The molecule has 2 heteroatoms. The van der Waals surface area contributed by atoms with Gasteiger partial charge in [-0.25, -0.2) is 0 Å². The van der Waals surface area contributed by atoms with E-state index >= 15 is 0 Å². The molecule has 70 valence electrons. The molecule has 0 amide bonds. The number of epoxide rings is 1. The Kier molecular flexibility index (Phi) is 2.62. The van der Waals surface area contributed by atoms with Crippen LogP contribution < -0.4 is 0 Å². The minimum atomic E-state index is 0.366. The molecule has 1 atom stereocenters. The molecule has 2 nitrogen and oxygen atoms in total. The van der Waals surface area contributed by atoms with Gasteiger partial charge in [0, 0.05) is 0 Å². The van der Waals surface area contributed by atoms with Crippen LogP contribution >= 0.6 is 0 Å². The van der Waals surface area contributed by atoms with Crippen LogP contribution in [0.15, 0.2) is 24.3 Å². The monoisotopic (exact) mass is 178 g/mol. The number of rotatable bonds is 4. The Balaban J connectivity index is 1.76. The highest BCUT2D eigenvalue weighted by molar-refractivity contribution is 5.20. The summed E-state index contributed by atoms with van der Waals surface area (Å²) in [6, 6.07) is 8.41. The van der Waals surface area contributed by atoms with E-state index in [1.165, 1.54) is 11.1 Å². The topological polar surface area (TPSA) is 21.8 Å². The fourth-order valence-corrected chi connectivity index (χ4v) is 1.16. The summed E-state index contributed by atoms with van der Waals surface area (Å²) < 4.78 is 10.5. The fraction of sp³-hybridized carbons (Fsp3) is 0.455. The van der Waals surface area contributed by atoms with Crippen LogP contribution in [0.1, 0.15) is 11.1 Å². The first-order valence-electron chi connectivity index (χ1n) is 4.59. The van der Waals surface area contributed by atoms with E-state index in [9.17, 15) is 0 Å². The van der Waals surface area contributed by atoms with Crippen LogP contribution in [0, 0.1) is 6.92 Å². The Morgan fingerprint density at radius 2 is 2.08 bits per heavy atom. The summed E-state index contributed by atoms with van der Waals surface area (Å²) in [5.41, 5.74) is 2.51. The maximum atomic E-state index is 5.46. The van der Waals surface area contributed by atoms with Gasteiger partial charge < -0.3 is 9.47 Å². The summed E-state index contributed by atoms with van der Waals surface area (Å²) in [4.78, 5) is 0. The van der Waals surface area contributed by atoms with Gasteiger partial charge >= 0.3 is 0 Å². The second kappa shape index (κ2) is 3.90. The van der Waals surface area contributed by atoms with Gasteiger partial charge in [-0.3, -0.25) is 0 Å². The van der Waals surface area contributed by atoms with E-state index < -0.39 is 0 Å². The van der Waals surface area contributed by atoms with E-state index in [0.717, 1.165) is 13.2 Å². The van der Waals surface area contributed by atoms with Crippen molar-refractivity contribution in [2.75, 3.05) is 13.2 Å². The van der Waals surface area contributed by atoms with Crippen LogP contribution in [-0.2, 0) is 16.1 Å². The number of ether oxygens (including phenoxy) is 2. The summed E-state index contributed by atoms with van der Waals surface area (Å²) in [7, 11) is 0. The predicted molar refractivity (Wildman–Crippen MR) is 50.6 cm³/mol. The van der Waals surface area contributed by atoms with Crippen LogP contribution in [0.2, 0.25) is 0 Å². The molecule has 1 saturated heterocycles. The molecule has 1 aromatic carbocycles. The third-order valence-electron chi connectivity index (χ3n) is 2.10. The number of aryl methyl sites for hydroxylation is 1. The van der Waals surface area contributed by atoms with Crippen LogP contribution in [0.5, 0.6) is 0 Å². The standard InChI is InChI=1S/C11H14O2/c1-9-2-4-10(5-3-9)6-12-7-11-8-13-11/h2-5,11H,6-8H2,1H3. The molecule has 0 saturated carbocycles. The highest BCUT2D eigenvalue weighted by Crippen LogP contribution is 2.10. The van der Waals surface area contributed by atoms with Crippen molar-refractivity contribution >= 4 is 0 Å². The molecule has 0 aromatic heterocycles. The van der Waals surface area contributed by atoms with Gasteiger partial charge in [0.15, 0.2) is 0 Å². The van der Waals surface area contributed by atoms with Gasteiger partial charge in [0.25, 0.3) is 0 Å². The maximum Gasteiger partial charge on any atom is 0.104 e. The lowest BCUT2D eigenvalue weighted by Crippen LogP contribution is -2.01. The lowest BCUT2D eigenvalue weighted by molar-refractivity contribution is 0.104. The third-order valence-corrected chi connectivity index (χ3v) is 2.10. The SMILES string of the molecule is Cc1ccc(COCC2CO2)cc1. The van der Waals surface area contributed by atoms with Gasteiger partial charge in [-0.2, -0.15) is 0 Å². The van der Waals surface area contributed by atoms with Gasteiger partial charge in [0.1, 0.15) is 6.10 Å². The minimum absolute atomic E-state index is 0.366. The smallest absolute Gasteiger partial charge is 0.104 e. The molecule has 1 aromatic rings. The first kappa shape index (κ1) is 8.73. The number of hydrogen-bond donors (Lipinski definition) is 0. The molecule has 0 bridgehead atoms. The number of benzene rings is 1. The van der Waals surface area contributed by atoms with Crippen molar-refractivity contribution in [2.45, 2.75) is 19.6 Å². The molecule has 2 rings (SSSR count). The van der Waals surface area contributed by atoms with Crippen molar-refractivity contribution in [3.8, 4) is 0 Å². The molecule has 0 spiro atoms. The highest BCUT2D eigenvalue weighted by atomic mass is 16.6. The van der Waals surface area contributed by atoms with Crippen molar-refractivity contribution in [1.82, 2.24) is 0 Å². The van der Waals surface area contributed by atoms with Gasteiger partial charge in [-0.15, -0.1) is 0 Å². The maximum absolute atomic E-state index is 5.46. The molecule has 1 aliphatic rings. The molecule has 0 N–H and O–H groups in total. The molecule has 1 heterocycles. The van der Waals surface area contributed by atoms with Gasteiger partial charge in [0.2, 0.25) is 0 Å². The van der Waals surface area contributed by atoms with Gasteiger partial charge in [0.05, 0.1) is 19.8 Å². The lowest BCUT2D eigenvalue weighted by Gasteiger charge is -2.02. The molecule has 1 aliphatic heterocycles. The minimum Gasteiger partial charge on any atom is -0.374 e. The Hall–Kier alpha value is -0.860. The Morgan fingerprint density at radius 1 is 1.38 bits per heavy atom. The summed E-state index contributed by atoms with van der Waals surface area (Å²) in [6.07, 6.45) is 0.366. The Bertz CT molecular complexity index is 262. The lowest BCUT2D eigenvalue weighted by atomic mass is 10.2. The molecule has 0 aliphatic carbocycles. The third kappa shape index (κ3) is 2.83. The van der Waals surface area contributed by atoms with E-state index in [4.69, 9.17) is 9.47 Å². The van der Waals surface area contributed by atoms with Gasteiger partial charge in [-0.1, -0.05) is 29.8 Å². The quantitative estimate of drug-likeness (QED) is 0.657. The van der Waals surface area contributed by atoms with Crippen LogP contribution in [-0.4, -0.2) is 19.3 Å². The van der Waals surface area contributed by atoms with Crippen molar-refractivity contribution < 1.29 is 9.47 Å². The van der Waals surface area contributed by atoms with Crippen molar-refractivity contribution in [2.24, 2.45) is 0 Å². The molecule has 13 heavy (non-hydrogen) atoms.